The Morgan fingerprint density at radius 2 is 1.62 bits per heavy atom. The van der Waals surface area contributed by atoms with Crippen molar-refractivity contribution in [1.29, 1.82) is 0 Å². The van der Waals surface area contributed by atoms with Crippen LogP contribution >= 0.6 is 0 Å². The molecule has 1 aliphatic heterocycles. The van der Waals surface area contributed by atoms with Crippen LogP contribution in [0.3, 0.4) is 0 Å². The molecule has 0 aliphatic carbocycles. The van der Waals surface area contributed by atoms with E-state index in [9.17, 15) is 4.79 Å². The minimum Gasteiger partial charge on any atom is -0.404 e. The number of allylic oxidation sites excluding steroid dienone is 6. The predicted molar refractivity (Wildman–Crippen MR) is 130 cm³/mol. The molecule has 1 fully saturated rings. The molecule has 4 nitrogen and oxygen atoms in total. The van der Waals surface area contributed by atoms with Gasteiger partial charge in [-0.05, 0) is 56.6 Å². The fraction of sp³-hybridized carbons (Fsp3) is 0.536. The van der Waals surface area contributed by atoms with Gasteiger partial charge >= 0.3 is 11.9 Å². The van der Waals surface area contributed by atoms with Crippen molar-refractivity contribution in [3.8, 4) is 0 Å². The summed E-state index contributed by atoms with van der Waals surface area (Å²) in [6.07, 6.45) is 22.3. The quantitative estimate of drug-likeness (QED) is 0.164. The van der Waals surface area contributed by atoms with E-state index in [1.54, 1.807) is 0 Å². The summed E-state index contributed by atoms with van der Waals surface area (Å²) in [6.45, 7) is 5.19. The van der Waals surface area contributed by atoms with Crippen LogP contribution in [0.2, 0.25) is 0 Å². The maximum absolute atomic E-state index is 12.5. The highest BCUT2D eigenvalue weighted by Gasteiger charge is 2.43. The number of esters is 1. The Balaban J connectivity index is 1.57. The smallest absolute Gasteiger partial charge is 0.358 e. The van der Waals surface area contributed by atoms with E-state index in [0.717, 1.165) is 44.1 Å². The van der Waals surface area contributed by atoms with Gasteiger partial charge in [-0.15, -0.1) is 0 Å². The number of hydrogen-bond acceptors (Lipinski definition) is 4. The van der Waals surface area contributed by atoms with Crippen LogP contribution in [0.15, 0.2) is 66.8 Å². The number of hydrogen-bond donors (Lipinski definition) is 0. The van der Waals surface area contributed by atoms with Gasteiger partial charge in [-0.3, -0.25) is 4.79 Å². The molecule has 0 spiro atoms. The second-order valence-electron chi connectivity index (χ2n) is 8.32. The molecule has 0 radical (unpaired) electrons. The highest BCUT2D eigenvalue weighted by atomic mass is 16.9. The van der Waals surface area contributed by atoms with Gasteiger partial charge in [0.2, 0.25) is 0 Å². The molecule has 1 heterocycles. The van der Waals surface area contributed by atoms with Crippen molar-refractivity contribution in [3.05, 3.63) is 72.4 Å². The molecular weight excluding hydrogens is 400 g/mol. The molecule has 0 amide bonds. The lowest BCUT2D eigenvalue weighted by atomic mass is 9.98. The van der Waals surface area contributed by atoms with Crippen LogP contribution in [0.1, 0.15) is 77.2 Å². The first-order valence-electron chi connectivity index (χ1n) is 12.2. The van der Waals surface area contributed by atoms with Gasteiger partial charge in [0, 0.05) is 6.42 Å². The summed E-state index contributed by atoms with van der Waals surface area (Å²) in [6, 6.07) is 9.40. The van der Waals surface area contributed by atoms with E-state index in [1.807, 2.05) is 30.3 Å². The van der Waals surface area contributed by atoms with Gasteiger partial charge < -0.3 is 14.2 Å². The van der Waals surface area contributed by atoms with Crippen LogP contribution in [-0.2, 0) is 25.0 Å². The summed E-state index contributed by atoms with van der Waals surface area (Å²) in [7, 11) is 0. The van der Waals surface area contributed by atoms with Gasteiger partial charge in [-0.1, -0.05) is 81.3 Å². The monoisotopic (exact) mass is 440 g/mol. The number of carbonyl (C=O) groups is 1. The zero-order valence-corrected chi connectivity index (χ0v) is 19.8. The number of unbranched alkanes of at least 4 members (excludes halogenated alkanes) is 2. The third-order valence-electron chi connectivity index (χ3n) is 5.48. The molecular formula is C28H40O4. The lowest BCUT2D eigenvalue weighted by Crippen LogP contribution is -2.33. The lowest BCUT2D eigenvalue weighted by Gasteiger charge is -2.27. The van der Waals surface area contributed by atoms with E-state index >= 15 is 0 Å². The molecule has 4 heteroatoms. The maximum atomic E-state index is 12.5. The van der Waals surface area contributed by atoms with Gasteiger partial charge in [0.25, 0.3) is 0 Å². The largest absolute Gasteiger partial charge is 0.404 e. The average Bonchev–Trinajstić information content (AvgIpc) is 3.28. The highest BCUT2D eigenvalue weighted by Crippen LogP contribution is 2.33. The van der Waals surface area contributed by atoms with Gasteiger partial charge in [0.15, 0.2) is 0 Å². The average molecular weight is 441 g/mol. The first kappa shape index (κ1) is 26.1. The van der Waals surface area contributed by atoms with Crippen LogP contribution in [-0.4, -0.2) is 19.2 Å². The minimum absolute atomic E-state index is 0.274. The van der Waals surface area contributed by atoms with E-state index in [4.69, 9.17) is 14.2 Å². The summed E-state index contributed by atoms with van der Waals surface area (Å²) in [4.78, 5) is 12.5. The lowest BCUT2D eigenvalue weighted by molar-refractivity contribution is -0.324. The maximum Gasteiger partial charge on any atom is 0.358 e. The summed E-state index contributed by atoms with van der Waals surface area (Å²) < 4.78 is 17.0. The molecule has 176 valence electrons. The molecule has 0 saturated carbocycles. The molecule has 1 saturated heterocycles. The standard InChI is InChI=1S/C28H40O4/c1-3-4-5-6-7-8-9-10-11-12-13-15-18-25(2)21-22-27(29)32-28(30-23-24-31-28)26-19-16-14-17-20-26/h4-5,7-8,10-11,14,16-17,19-20,25H,3,6,9,12-13,15,18,21-24H2,1-2H3/b5-4+,8-7+,11-10+. The van der Waals surface area contributed by atoms with Crippen molar-refractivity contribution in [2.24, 2.45) is 5.92 Å². The van der Waals surface area contributed by atoms with Crippen molar-refractivity contribution < 1.29 is 19.0 Å². The molecule has 0 bridgehead atoms. The molecule has 1 aromatic rings. The first-order chi connectivity index (χ1) is 15.7. The predicted octanol–water partition coefficient (Wildman–Crippen LogP) is 7.22. The van der Waals surface area contributed by atoms with Crippen molar-refractivity contribution in [2.45, 2.75) is 77.6 Å². The molecule has 0 N–H and O–H groups in total. The van der Waals surface area contributed by atoms with Gasteiger partial charge in [0.1, 0.15) is 0 Å². The van der Waals surface area contributed by atoms with Gasteiger partial charge in [-0.2, -0.15) is 0 Å². The van der Waals surface area contributed by atoms with Crippen LogP contribution in [0, 0.1) is 5.92 Å². The van der Waals surface area contributed by atoms with Crippen molar-refractivity contribution in [3.63, 3.8) is 0 Å². The normalized spacial score (nSPS) is 16.9. The number of rotatable bonds is 15. The van der Waals surface area contributed by atoms with Crippen LogP contribution in [0.5, 0.6) is 0 Å². The molecule has 1 unspecified atom stereocenters. The van der Waals surface area contributed by atoms with Crippen LogP contribution in [0.25, 0.3) is 0 Å². The molecule has 0 aromatic heterocycles. The van der Waals surface area contributed by atoms with E-state index < -0.39 is 5.97 Å². The third-order valence-corrected chi connectivity index (χ3v) is 5.48. The molecule has 1 aromatic carbocycles. The fourth-order valence-corrected chi connectivity index (χ4v) is 3.61. The summed E-state index contributed by atoms with van der Waals surface area (Å²) in [5, 5.41) is 0. The first-order valence-corrected chi connectivity index (χ1v) is 12.2. The second-order valence-corrected chi connectivity index (χ2v) is 8.32. The Kier molecular flexibility index (Phi) is 12.7. The van der Waals surface area contributed by atoms with Crippen molar-refractivity contribution in [1.82, 2.24) is 0 Å². The number of ether oxygens (including phenoxy) is 3. The Hall–Kier alpha value is -2.17. The Morgan fingerprint density at radius 3 is 2.31 bits per heavy atom. The number of benzene rings is 1. The molecule has 2 rings (SSSR count). The highest BCUT2D eigenvalue weighted by molar-refractivity contribution is 5.69. The van der Waals surface area contributed by atoms with Crippen molar-refractivity contribution in [2.75, 3.05) is 13.2 Å². The van der Waals surface area contributed by atoms with E-state index in [0.29, 0.717) is 25.6 Å². The molecule has 32 heavy (non-hydrogen) atoms. The fourth-order valence-electron chi connectivity index (χ4n) is 3.61. The Bertz CT molecular complexity index is 714. The van der Waals surface area contributed by atoms with Gasteiger partial charge in [-0.25, -0.2) is 0 Å². The summed E-state index contributed by atoms with van der Waals surface area (Å²) in [5.41, 5.74) is 0.718. The zero-order chi connectivity index (χ0) is 22.9. The van der Waals surface area contributed by atoms with Crippen LogP contribution < -0.4 is 0 Å². The molecule has 1 aliphatic rings. The zero-order valence-electron chi connectivity index (χ0n) is 19.8. The van der Waals surface area contributed by atoms with E-state index in [2.05, 4.69) is 50.3 Å². The minimum atomic E-state index is -1.38. The van der Waals surface area contributed by atoms with Crippen molar-refractivity contribution >= 4 is 5.97 Å². The summed E-state index contributed by atoms with van der Waals surface area (Å²) >= 11 is 0. The van der Waals surface area contributed by atoms with E-state index in [1.165, 1.54) is 12.8 Å². The topological polar surface area (TPSA) is 44.8 Å². The Labute approximate surface area is 194 Å². The van der Waals surface area contributed by atoms with E-state index in [-0.39, 0.29) is 5.97 Å². The summed E-state index contributed by atoms with van der Waals surface area (Å²) in [5.74, 6) is -1.16. The number of carbonyl (C=O) groups excluding carboxylic acids is 1. The third kappa shape index (κ3) is 9.97. The Morgan fingerprint density at radius 1 is 0.969 bits per heavy atom. The van der Waals surface area contributed by atoms with Crippen LogP contribution in [0.4, 0.5) is 0 Å². The molecule has 1 atom stereocenters. The second kappa shape index (κ2) is 15.6. The SMILES string of the molecule is CC/C=C/C/C=C/C/C=C/CCCCC(C)CCC(=O)OC1(c2ccccc2)OCCO1. The van der Waals surface area contributed by atoms with Gasteiger partial charge in [0.05, 0.1) is 18.8 Å².